The van der Waals surface area contributed by atoms with Crippen molar-refractivity contribution in [3.8, 4) is 0 Å². The Kier molecular flexibility index (Phi) is 3.82. The maximum Gasteiger partial charge on any atom is 0.410 e. The van der Waals surface area contributed by atoms with E-state index in [1.807, 2.05) is 20.8 Å². The van der Waals surface area contributed by atoms with Crippen LogP contribution in [0.15, 0.2) is 0 Å². The average molecular weight is 256 g/mol. The molecule has 2 fully saturated rings. The molecule has 2 aliphatic rings. The lowest BCUT2D eigenvalue weighted by molar-refractivity contribution is -0.0765. The highest BCUT2D eigenvalue weighted by Crippen LogP contribution is 2.28. The van der Waals surface area contributed by atoms with E-state index in [9.17, 15) is 4.79 Å². The first kappa shape index (κ1) is 13.6. The highest BCUT2D eigenvalue weighted by atomic mass is 16.6. The van der Waals surface area contributed by atoms with Crippen LogP contribution in [0.4, 0.5) is 4.79 Å². The molecule has 0 aromatic heterocycles. The van der Waals surface area contributed by atoms with Crippen molar-refractivity contribution in [2.45, 2.75) is 51.4 Å². The number of carbonyl (C=O) groups excluding carboxylic acids is 1. The van der Waals surface area contributed by atoms with Gasteiger partial charge in [0.15, 0.2) is 0 Å². The van der Waals surface area contributed by atoms with Crippen LogP contribution in [-0.2, 0) is 9.47 Å². The molecule has 0 bridgehead atoms. The molecule has 5 nitrogen and oxygen atoms in total. The molecule has 3 atom stereocenters. The molecule has 104 valence electrons. The first-order valence-corrected chi connectivity index (χ1v) is 6.72. The fourth-order valence-corrected chi connectivity index (χ4v) is 2.64. The van der Waals surface area contributed by atoms with Crippen LogP contribution in [0.5, 0.6) is 0 Å². The number of hydrogen-bond donors (Lipinski definition) is 1. The third-order valence-corrected chi connectivity index (χ3v) is 3.58. The Labute approximate surface area is 109 Å². The lowest BCUT2D eigenvalue weighted by Gasteiger charge is -2.43. The number of amides is 1. The number of rotatable bonds is 0. The van der Waals surface area contributed by atoms with Crippen LogP contribution >= 0.6 is 0 Å². The first-order chi connectivity index (χ1) is 8.37. The minimum absolute atomic E-state index is 0.133. The molecule has 2 saturated heterocycles. The zero-order valence-electron chi connectivity index (χ0n) is 11.5. The minimum Gasteiger partial charge on any atom is -0.444 e. The van der Waals surface area contributed by atoms with Crippen molar-refractivity contribution in [1.29, 1.82) is 0 Å². The van der Waals surface area contributed by atoms with Crippen LogP contribution in [0.1, 0.15) is 33.6 Å². The third kappa shape index (κ3) is 3.14. The van der Waals surface area contributed by atoms with Gasteiger partial charge in [0.05, 0.1) is 6.10 Å². The number of ether oxygens (including phenoxy) is 2. The van der Waals surface area contributed by atoms with Gasteiger partial charge in [-0.05, 0) is 33.6 Å². The van der Waals surface area contributed by atoms with E-state index in [-0.39, 0.29) is 24.2 Å². The Hall–Kier alpha value is -0.810. The van der Waals surface area contributed by atoms with E-state index in [0.717, 1.165) is 19.4 Å². The van der Waals surface area contributed by atoms with Crippen LogP contribution in [0.2, 0.25) is 0 Å². The molecule has 2 heterocycles. The Morgan fingerprint density at radius 1 is 1.39 bits per heavy atom. The molecule has 0 radical (unpaired) electrons. The molecule has 0 unspecified atom stereocenters. The summed E-state index contributed by atoms with van der Waals surface area (Å²) in [4.78, 5) is 13.8. The quantitative estimate of drug-likeness (QED) is 0.710. The normalized spacial score (nSPS) is 32.9. The monoisotopic (exact) mass is 256 g/mol. The van der Waals surface area contributed by atoms with Crippen molar-refractivity contribution in [2.75, 3.05) is 19.7 Å². The highest BCUT2D eigenvalue weighted by molar-refractivity contribution is 5.68. The number of carbonyl (C=O) groups is 1. The van der Waals surface area contributed by atoms with E-state index in [0.29, 0.717) is 13.1 Å². The summed E-state index contributed by atoms with van der Waals surface area (Å²) in [5.74, 6) is 0.250. The lowest BCUT2D eigenvalue weighted by Crippen LogP contribution is -2.56. The smallest absolute Gasteiger partial charge is 0.410 e. The maximum atomic E-state index is 12.0. The van der Waals surface area contributed by atoms with Crippen LogP contribution in [0, 0.1) is 5.92 Å². The molecule has 0 aromatic carbocycles. The number of nitrogens with two attached hydrogens (primary N) is 1. The standard InChI is InChI=1S/C13H24N2O3/c1-13(2,3)18-12(16)15-6-4-11-9(8-15)10(14)5-7-17-11/h9-11H,4-8,14H2,1-3H3/t9-,10+,11-/m1/s1. The van der Waals surface area contributed by atoms with E-state index in [2.05, 4.69) is 0 Å². The molecule has 0 aromatic rings. The second-order valence-corrected chi connectivity index (χ2v) is 6.24. The van der Waals surface area contributed by atoms with Gasteiger partial charge in [0.2, 0.25) is 0 Å². The van der Waals surface area contributed by atoms with E-state index < -0.39 is 5.60 Å². The van der Waals surface area contributed by atoms with Gasteiger partial charge in [0, 0.05) is 31.7 Å². The van der Waals surface area contributed by atoms with Crippen molar-refractivity contribution in [2.24, 2.45) is 11.7 Å². The molecule has 2 N–H and O–H groups in total. The summed E-state index contributed by atoms with van der Waals surface area (Å²) in [5.41, 5.74) is 5.67. The molecule has 0 saturated carbocycles. The van der Waals surface area contributed by atoms with Crippen molar-refractivity contribution in [3.63, 3.8) is 0 Å². The van der Waals surface area contributed by atoms with Gasteiger partial charge in [0.25, 0.3) is 0 Å². The number of piperidine rings is 1. The van der Waals surface area contributed by atoms with Gasteiger partial charge in [-0.15, -0.1) is 0 Å². The molecule has 1 amide bonds. The molecule has 18 heavy (non-hydrogen) atoms. The number of nitrogens with zero attached hydrogens (tertiary/aromatic N) is 1. The van der Waals surface area contributed by atoms with Crippen molar-refractivity contribution in [3.05, 3.63) is 0 Å². The second-order valence-electron chi connectivity index (χ2n) is 6.24. The molecule has 2 aliphatic heterocycles. The molecule has 2 rings (SSSR count). The van der Waals surface area contributed by atoms with E-state index in [1.165, 1.54) is 0 Å². The summed E-state index contributed by atoms with van der Waals surface area (Å²) in [6.07, 6.45) is 1.71. The first-order valence-electron chi connectivity index (χ1n) is 6.72. The van der Waals surface area contributed by atoms with Gasteiger partial charge < -0.3 is 20.1 Å². The summed E-state index contributed by atoms with van der Waals surface area (Å²) < 4.78 is 11.1. The number of fused-ring (bicyclic) bond motifs is 1. The average Bonchev–Trinajstić information content (AvgIpc) is 2.27. The Bertz CT molecular complexity index is 314. The van der Waals surface area contributed by atoms with Crippen molar-refractivity contribution in [1.82, 2.24) is 4.90 Å². The van der Waals surface area contributed by atoms with Gasteiger partial charge in [-0.25, -0.2) is 4.79 Å². The summed E-state index contributed by atoms with van der Waals surface area (Å²) in [7, 11) is 0. The third-order valence-electron chi connectivity index (χ3n) is 3.58. The Morgan fingerprint density at radius 3 is 2.78 bits per heavy atom. The lowest BCUT2D eigenvalue weighted by atomic mass is 9.85. The highest BCUT2D eigenvalue weighted by Gasteiger charge is 2.39. The molecular weight excluding hydrogens is 232 g/mol. The Balaban J connectivity index is 1.94. The number of likely N-dealkylation sites (tertiary alicyclic amines) is 1. The fraction of sp³-hybridized carbons (Fsp3) is 0.923. The summed E-state index contributed by atoms with van der Waals surface area (Å²) >= 11 is 0. The SMILES string of the molecule is CC(C)(C)OC(=O)N1CC[C@H]2OCC[C@H](N)[C@H]2C1. The van der Waals surface area contributed by atoms with E-state index in [4.69, 9.17) is 15.2 Å². The maximum absolute atomic E-state index is 12.0. The van der Waals surface area contributed by atoms with Gasteiger partial charge in [-0.2, -0.15) is 0 Å². The zero-order valence-corrected chi connectivity index (χ0v) is 11.5. The second kappa shape index (κ2) is 5.05. The summed E-state index contributed by atoms with van der Waals surface area (Å²) in [6.45, 7) is 7.74. The van der Waals surface area contributed by atoms with Crippen molar-refractivity contribution >= 4 is 6.09 Å². The zero-order chi connectivity index (χ0) is 13.3. The molecule has 0 spiro atoms. The minimum atomic E-state index is -0.445. The van der Waals surface area contributed by atoms with Gasteiger partial charge in [-0.1, -0.05) is 0 Å². The van der Waals surface area contributed by atoms with Crippen LogP contribution in [0.25, 0.3) is 0 Å². The largest absolute Gasteiger partial charge is 0.444 e. The van der Waals surface area contributed by atoms with E-state index >= 15 is 0 Å². The summed E-state index contributed by atoms with van der Waals surface area (Å²) in [6, 6.07) is 0.133. The van der Waals surface area contributed by atoms with Gasteiger partial charge in [-0.3, -0.25) is 0 Å². The van der Waals surface area contributed by atoms with Crippen LogP contribution in [0.3, 0.4) is 0 Å². The van der Waals surface area contributed by atoms with Crippen molar-refractivity contribution < 1.29 is 14.3 Å². The Morgan fingerprint density at radius 2 is 2.11 bits per heavy atom. The number of hydrogen-bond acceptors (Lipinski definition) is 4. The van der Waals surface area contributed by atoms with Crippen LogP contribution in [-0.4, -0.2) is 48.4 Å². The topological polar surface area (TPSA) is 64.8 Å². The van der Waals surface area contributed by atoms with Gasteiger partial charge >= 0.3 is 6.09 Å². The molecule has 5 heteroatoms. The van der Waals surface area contributed by atoms with Crippen LogP contribution < -0.4 is 5.73 Å². The summed E-state index contributed by atoms with van der Waals surface area (Å²) in [5, 5.41) is 0. The predicted octanol–water partition coefficient (Wildman–Crippen LogP) is 1.36. The van der Waals surface area contributed by atoms with E-state index in [1.54, 1.807) is 4.90 Å². The molecule has 0 aliphatic carbocycles. The molecular formula is C13H24N2O3. The van der Waals surface area contributed by atoms with Gasteiger partial charge in [0.1, 0.15) is 5.60 Å². The predicted molar refractivity (Wildman–Crippen MR) is 68.2 cm³/mol. The fourth-order valence-electron chi connectivity index (χ4n) is 2.64.